The minimum atomic E-state index is -0.588. The smallest absolute Gasteiger partial charge is 0.341 e. The summed E-state index contributed by atoms with van der Waals surface area (Å²) in [7, 11) is 1.34. The van der Waals surface area contributed by atoms with Crippen LogP contribution < -0.4 is 16.0 Å². The summed E-state index contributed by atoms with van der Waals surface area (Å²) in [5, 5.41) is 9.00. The molecule has 12 heteroatoms. The highest BCUT2D eigenvalue weighted by molar-refractivity contribution is 8.00. The van der Waals surface area contributed by atoms with Crippen molar-refractivity contribution in [3.8, 4) is 0 Å². The Morgan fingerprint density at radius 1 is 1.00 bits per heavy atom. The van der Waals surface area contributed by atoms with Crippen LogP contribution >= 0.6 is 46.3 Å². The summed E-state index contributed by atoms with van der Waals surface area (Å²) in [6, 6.07) is 20.5. The first-order valence-corrected chi connectivity index (χ1v) is 17.6. The molecule has 3 N–H and O–H groups in total. The van der Waals surface area contributed by atoms with Gasteiger partial charge in [-0.25, -0.2) is 4.79 Å². The number of nitrogens with one attached hydrogen (secondary N) is 3. The monoisotopic (exact) mass is 721 g/mol. The molecule has 48 heavy (non-hydrogen) atoms. The second-order valence-corrected chi connectivity index (χ2v) is 14.6. The predicted octanol–water partition coefficient (Wildman–Crippen LogP) is 8.50. The number of hydrogen-bond acceptors (Lipinski definition) is 7. The van der Waals surface area contributed by atoms with E-state index in [9.17, 15) is 19.2 Å². The first kappa shape index (κ1) is 35.2. The molecule has 5 rings (SSSR count). The second-order valence-electron chi connectivity index (χ2n) is 11.3. The molecule has 0 saturated carbocycles. The van der Waals surface area contributed by atoms with Gasteiger partial charge in [-0.05, 0) is 85.7 Å². The molecule has 1 aliphatic carbocycles. The molecule has 1 heterocycles. The van der Waals surface area contributed by atoms with E-state index < -0.39 is 23.0 Å². The summed E-state index contributed by atoms with van der Waals surface area (Å²) in [6.45, 7) is 3.95. The average Bonchev–Trinajstić information content (AvgIpc) is 3.43. The number of hydrogen-bond donors (Lipinski definition) is 3. The van der Waals surface area contributed by atoms with Crippen molar-refractivity contribution < 1.29 is 23.9 Å². The van der Waals surface area contributed by atoms with Gasteiger partial charge < -0.3 is 20.7 Å². The predicted molar refractivity (Wildman–Crippen MR) is 194 cm³/mol. The van der Waals surface area contributed by atoms with E-state index in [1.807, 2.05) is 6.07 Å². The number of carbonyl (C=O) groups is 4. The van der Waals surface area contributed by atoms with Gasteiger partial charge in [-0.1, -0.05) is 66.5 Å². The van der Waals surface area contributed by atoms with Crippen molar-refractivity contribution in [1.29, 1.82) is 0 Å². The molecule has 0 aliphatic heterocycles. The Morgan fingerprint density at radius 2 is 1.75 bits per heavy atom. The number of halogens is 2. The largest absolute Gasteiger partial charge is 0.465 e. The molecule has 2 atom stereocenters. The molecule has 3 amide bonds. The summed E-state index contributed by atoms with van der Waals surface area (Å²) in [5.41, 5.74) is 2.63. The fourth-order valence-electron chi connectivity index (χ4n) is 5.20. The average molecular weight is 723 g/mol. The number of anilines is 2. The van der Waals surface area contributed by atoms with Gasteiger partial charge in [0.25, 0.3) is 11.8 Å². The minimum absolute atomic E-state index is 0.0479. The lowest BCUT2D eigenvalue weighted by Crippen LogP contribution is -2.30. The molecule has 0 bridgehead atoms. The molecule has 2 unspecified atom stereocenters. The first-order valence-electron chi connectivity index (χ1n) is 15.2. The molecule has 0 fully saturated rings. The lowest BCUT2D eigenvalue weighted by atomic mass is 9.88. The van der Waals surface area contributed by atoms with Crippen molar-refractivity contribution in [1.82, 2.24) is 5.32 Å². The number of rotatable bonds is 10. The second kappa shape index (κ2) is 15.9. The van der Waals surface area contributed by atoms with Crippen molar-refractivity contribution in [2.24, 2.45) is 5.92 Å². The topological polar surface area (TPSA) is 114 Å². The Labute approximate surface area is 297 Å². The van der Waals surface area contributed by atoms with Gasteiger partial charge in [0.05, 0.1) is 28.0 Å². The quantitative estimate of drug-likeness (QED) is 0.0860. The number of benzene rings is 3. The van der Waals surface area contributed by atoms with Crippen LogP contribution in [0.2, 0.25) is 10.0 Å². The van der Waals surface area contributed by atoms with Crippen molar-refractivity contribution in [3.05, 3.63) is 116 Å². The fraction of sp³-hybridized carbons (Fsp3) is 0.222. The van der Waals surface area contributed by atoms with Crippen molar-refractivity contribution in [3.63, 3.8) is 0 Å². The third-order valence-corrected chi connectivity index (χ3v) is 10.8. The lowest BCUT2D eigenvalue weighted by molar-refractivity contribution is -0.115. The van der Waals surface area contributed by atoms with Crippen LogP contribution in [-0.2, 0) is 27.2 Å². The Bertz CT molecular complexity index is 1890. The number of ether oxygens (including phenoxy) is 1. The highest BCUT2D eigenvalue weighted by Gasteiger charge is 2.30. The number of carbonyl (C=O) groups excluding carboxylic acids is 4. The van der Waals surface area contributed by atoms with Crippen LogP contribution in [-0.4, -0.2) is 36.1 Å². The number of thioether (sulfide) groups is 1. The third kappa shape index (κ3) is 8.49. The Kier molecular flexibility index (Phi) is 11.6. The number of fused-ring (bicyclic) bond motifs is 1. The zero-order valence-electron chi connectivity index (χ0n) is 26.4. The van der Waals surface area contributed by atoms with E-state index in [-0.39, 0.29) is 16.6 Å². The Balaban J connectivity index is 1.31. The standard InChI is InChI=1S/C36H33Cl2N3O5S2/c1-20-15-16-26-29(17-20)48-35(30(26)36(45)46-3)41-32(42)21(2)47-25-13-8-12-24(19-25)39-34(44)28(18-23-11-7-14-27(37)31(23)38)40-33(43)22-9-5-4-6-10-22/h4-14,18-21H,15-17H2,1-3H3,(H,39,44)(H,40,43)(H,41,42)/b28-18+. The zero-order valence-corrected chi connectivity index (χ0v) is 29.5. The van der Waals surface area contributed by atoms with Crippen LogP contribution in [0, 0.1) is 5.92 Å². The minimum Gasteiger partial charge on any atom is -0.465 e. The van der Waals surface area contributed by atoms with E-state index in [2.05, 4.69) is 22.9 Å². The van der Waals surface area contributed by atoms with E-state index in [1.165, 1.54) is 36.3 Å². The summed E-state index contributed by atoms with van der Waals surface area (Å²) in [5.74, 6) is -1.27. The van der Waals surface area contributed by atoms with Gasteiger partial charge in [0.15, 0.2) is 0 Å². The Hall–Kier alpha value is -4.09. The first-order chi connectivity index (χ1) is 23.0. The highest BCUT2D eigenvalue weighted by Crippen LogP contribution is 2.40. The summed E-state index contributed by atoms with van der Waals surface area (Å²) >= 11 is 15.3. The van der Waals surface area contributed by atoms with Crippen LogP contribution in [0.15, 0.2) is 83.4 Å². The molecular formula is C36H33Cl2N3O5S2. The molecule has 3 aromatic carbocycles. The van der Waals surface area contributed by atoms with Gasteiger partial charge in [-0.15, -0.1) is 23.1 Å². The van der Waals surface area contributed by atoms with Crippen LogP contribution in [0.4, 0.5) is 10.7 Å². The molecule has 0 radical (unpaired) electrons. The maximum atomic E-state index is 13.6. The Morgan fingerprint density at radius 3 is 2.50 bits per heavy atom. The number of esters is 1. The van der Waals surface area contributed by atoms with Crippen LogP contribution in [0.5, 0.6) is 0 Å². The van der Waals surface area contributed by atoms with Crippen LogP contribution in [0.3, 0.4) is 0 Å². The van der Waals surface area contributed by atoms with Crippen molar-refractivity contribution in [2.75, 3.05) is 17.7 Å². The number of thiophene rings is 1. The van der Waals surface area contributed by atoms with Gasteiger partial charge in [-0.3, -0.25) is 14.4 Å². The molecule has 8 nitrogen and oxygen atoms in total. The molecule has 248 valence electrons. The molecule has 0 saturated heterocycles. The maximum absolute atomic E-state index is 13.6. The highest BCUT2D eigenvalue weighted by atomic mass is 35.5. The van der Waals surface area contributed by atoms with Crippen LogP contribution in [0.25, 0.3) is 6.08 Å². The van der Waals surface area contributed by atoms with Crippen molar-refractivity contribution >= 4 is 86.8 Å². The molecule has 4 aromatic rings. The van der Waals surface area contributed by atoms with E-state index >= 15 is 0 Å². The van der Waals surface area contributed by atoms with E-state index in [4.69, 9.17) is 27.9 Å². The summed E-state index contributed by atoms with van der Waals surface area (Å²) in [4.78, 5) is 54.4. The van der Waals surface area contributed by atoms with Crippen molar-refractivity contribution in [2.45, 2.75) is 43.3 Å². The SMILES string of the molecule is COC(=O)c1c(NC(=O)C(C)Sc2cccc(NC(=O)/C(=C\c3cccc(Cl)c3Cl)NC(=O)c3ccccc3)c2)sc2c1CCC(C)C2. The van der Waals surface area contributed by atoms with E-state index in [0.717, 1.165) is 34.6 Å². The van der Waals surface area contributed by atoms with E-state index in [1.54, 1.807) is 73.7 Å². The zero-order chi connectivity index (χ0) is 34.4. The summed E-state index contributed by atoms with van der Waals surface area (Å²) in [6.07, 6.45) is 4.07. The molecule has 1 aromatic heterocycles. The van der Waals surface area contributed by atoms with Gasteiger partial charge in [-0.2, -0.15) is 0 Å². The van der Waals surface area contributed by atoms with Gasteiger partial charge >= 0.3 is 5.97 Å². The number of methoxy groups -OCH3 is 1. The van der Waals surface area contributed by atoms with Crippen LogP contribution in [0.1, 0.15) is 57.0 Å². The molecule has 0 spiro atoms. The van der Waals surface area contributed by atoms with Gasteiger partial charge in [0.2, 0.25) is 5.91 Å². The van der Waals surface area contributed by atoms with E-state index in [0.29, 0.717) is 38.3 Å². The normalized spacial score (nSPS) is 14.8. The summed E-state index contributed by atoms with van der Waals surface area (Å²) < 4.78 is 5.05. The molecular weight excluding hydrogens is 689 g/mol. The number of amides is 3. The third-order valence-electron chi connectivity index (χ3n) is 7.72. The van der Waals surface area contributed by atoms with Gasteiger partial charge in [0, 0.05) is 21.0 Å². The molecule has 1 aliphatic rings. The maximum Gasteiger partial charge on any atom is 0.341 e. The fourth-order valence-corrected chi connectivity index (χ4v) is 7.89. The van der Waals surface area contributed by atoms with Gasteiger partial charge in [0.1, 0.15) is 10.7 Å². The lowest BCUT2D eigenvalue weighted by Gasteiger charge is -2.18.